The van der Waals surface area contributed by atoms with Gasteiger partial charge in [-0.25, -0.2) is 14.8 Å². The standard InChI is InChI=1S/C10H11N3O2/c1-5-6(2)11-10-12-8(9(14)15)4-13(10)7(5)3/h4H,1-3H3,(H,14,15). The fraction of sp³-hybridized carbons (Fsp3) is 0.300. The fourth-order valence-electron chi connectivity index (χ4n) is 1.48. The van der Waals surface area contributed by atoms with Crippen LogP contribution in [0.1, 0.15) is 27.4 Å². The molecule has 15 heavy (non-hydrogen) atoms. The lowest BCUT2D eigenvalue weighted by Gasteiger charge is -2.05. The van der Waals surface area contributed by atoms with E-state index >= 15 is 0 Å². The van der Waals surface area contributed by atoms with Crippen LogP contribution in [0.3, 0.4) is 0 Å². The van der Waals surface area contributed by atoms with E-state index in [0.717, 1.165) is 17.0 Å². The van der Waals surface area contributed by atoms with Gasteiger partial charge in [-0.3, -0.25) is 4.40 Å². The number of carboxylic acid groups (broad SMARTS) is 1. The topological polar surface area (TPSA) is 67.5 Å². The number of carbonyl (C=O) groups is 1. The molecule has 0 atom stereocenters. The van der Waals surface area contributed by atoms with E-state index in [0.29, 0.717) is 5.78 Å². The van der Waals surface area contributed by atoms with Gasteiger partial charge in [-0.1, -0.05) is 0 Å². The first-order valence-corrected chi connectivity index (χ1v) is 4.57. The molecule has 5 nitrogen and oxygen atoms in total. The van der Waals surface area contributed by atoms with Gasteiger partial charge in [0.1, 0.15) is 0 Å². The van der Waals surface area contributed by atoms with Crippen LogP contribution >= 0.6 is 0 Å². The third-order valence-corrected chi connectivity index (χ3v) is 2.62. The molecule has 2 aromatic rings. The Labute approximate surface area is 86.4 Å². The summed E-state index contributed by atoms with van der Waals surface area (Å²) in [5.74, 6) is -0.594. The zero-order valence-corrected chi connectivity index (χ0v) is 8.77. The van der Waals surface area contributed by atoms with Crippen molar-refractivity contribution in [2.24, 2.45) is 0 Å². The van der Waals surface area contributed by atoms with Gasteiger partial charge >= 0.3 is 5.97 Å². The summed E-state index contributed by atoms with van der Waals surface area (Å²) >= 11 is 0. The summed E-state index contributed by atoms with van der Waals surface area (Å²) in [5, 5.41) is 8.81. The highest BCUT2D eigenvalue weighted by Gasteiger charge is 2.12. The van der Waals surface area contributed by atoms with Gasteiger partial charge in [0.15, 0.2) is 5.69 Å². The average molecular weight is 205 g/mol. The molecule has 1 N–H and O–H groups in total. The largest absolute Gasteiger partial charge is 0.476 e. The van der Waals surface area contributed by atoms with E-state index in [-0.39, 0.29) is 5.69 Å². The van der Waals surface area contributed by atoms with Crippen molar-refractivity contribution >= 4 is 11.7 Å². The van der Waals surface area contributed by atoms with Crippen LogP contribution in [0.5, 0.6) is 0 Å². The van der Waals surface area contributed by atoms with E-state index in [2.05, 4.69) is 9.97 Å². The Morgan fingerprint density at radius 2 is 2.00 bits per heavy atom. The molecular weight excluding hydrogens is 194 g/mol. The molecule has 2 rings (SSSR count). The molecule has 0 radical (unpaired) electrons. The first-order valence-electron chi connectivity index (χ1n) is 4.57. The molecule has 0 bridgehead atoms. The second-order valence-electron chi connectivity index (χ2n) is 3.51. The Morgan fingerprint density at radius 3 is 2.60 bits per heavy atom. The molecule has 0 aromatic carbocycles. The van der Waals surface area contributed by atoms with Crippen LogP contribution in [-0.4, -0.2) is 25.4 Å². The lowest BCUT2D eigenvalue weighted by atomic mass is 10.2. The van der Waals surface area contributed by atoms with Gasteiger partial charge in [0.25, 0.3) is 0 Å². The lowest BCUT2D eigenvalue weighted by molar-refractivity contribution is 0.0691. The van der Waals surface area contributed by atoms with Crippen molar-refractivity contribution in [3.8, 4) is 0 Å². The molecule has 0 aliphatic rings. The number of nitrogens with zero attached hydrogens (tertiary/aromatic N) is 3. The van der Waals surface area contributed by atoms with Crippen molar-refractivity contribution in [2.75, 3.05) is 0 Å². The number of imidazole rings is 1. The maximum Gasteiger partial charge on any atom is 0.356 e. The van der Waals surface area contributed by atoms with Crippen molar-refractivity contribution in [1.82, 2.24) is 14.4 Å². The number of aryl methyl sites for hydroxylation is 2. The van der Waals surface area contributed by atoms with Crippen LogP contribution in [0.4, 0.5) is 0 Å². The van der Waals surface area contributed by atoms with Gasteiger partial charge in [0.05, 0.1) is 0 Å². The number of fused-ring (bicyclic) bond motifs is 1. The molecule has 0 amide bonds. The molecule has 0 aliphatic heterocycles. The molecule has 0 fully saturated rings. The first-order chi connectivity index (χ1) is 7.00. The molecular formula is C10H11N3O2. The smallest absolute Gasteiger partial charge is 0.356 e. The number of aromatic nitrogens is 3. The quantitative estimate of drug-likeness (QED) is 0.763. The van der Waals surface area contributed by atoms with E-state index in [1.165, 1.54) is 6.20 Å². The van der Waals surface area contributed by atoms with Gasteiger partial charge in [-0.05, 0) is 26.3 Å². The van der Waals surface area contributed by atoms with Crippen LogP contribution in [0.25, 0.3) is 5.78 Å². The molecule has 2 heterocycles. The van der Waals surface area contributed by atoms with Crippen molar-refractivity contribution in [1.29, 1.82) is 0 Å². The summed E-state index contributed by atoms with van der Waals surface area (Å²) in [6, 6.07) is 0. The summed E-state index contributed by atoms with van der Waals surface area (Å²) in [4.78, 5) is 18.9. The van der Waals surface area contributed by atoms with Crippen molar-refractivity contribution in [3.05, 3.63) is 28.8 Å². The van der Waals surface area contributed by atoms with E-state index in [1.807, 2.05) is 20.8 Å². The summed E-state index contributed by atoms with van der Waals surface area (Å²) in [7, 11) is 0. The number of hydrogen-bond donors (Lipinski definition) is 1. The molecule has 0 saturated heterocycles. The molecule has 78 valence electrons. The van der Waals surface area contributed by atoms with Gasteiger partial charge < -0.3 is 5.11 Å². The van der Waals surface area contributed by atoms with Crippen molar-refractivity contribution in [2.45, 2.75) is 20.8 Å². The maximum absolute atomic E-state index is 10.7. The predicted molar refractivity (Wildman–Crippen MR) is 54.2 cm³/mol. The highest BCUT2D eigenvalue weighted by molar-refractivity contribution is 5.85. The molecule has 5 heteroatoms. The highest BCUT2D eigenvalue weighted by Crippen LogP contribution is 2.13. The average Bonchev–Trinajstić information content (AvgIpc) is 2.58. The Bertz CT molecular complexity index is 557. The number of aromatic carboxylic acids is 1. The van der Waals surface area contributed by atoms with Crippen LogP contribution in [0, 0.1) is 20.8 Å². The normalized spacial score (nSPS) is 10.9. The van der Waals surface area contributed by atoms with Crippen LogP contribution in [0.15, 0.2) is 6.20 Å². The molecule has 0 saturated carbocycles. The third kappa shape index (κ3) is 1.36. The highest BCUT2D eigenvalue weighted by atomic mass is 16.4. The molecule has 2 aromatic heterocycles. The van der Waals surface area contributed by atoms with Crippen LogP contribution < -0.4 is 0 Å². The van der Waals surface area contributed by atoms with Crippen LogP contribution in [-0.2, 0) is 0 Å². The third-order valence-electron chi connectivity index (χ3n) is 2.62. The van der Waals surface area contributed by atoms with E-state index in [4.69, 9.17) is 5.11 Å². The minimum atomic E-state index is -1.03. The zero-order valence-electron chi connectivity index (χ0n) is 8.77. The second-order valence-corrected chi connectivity index (χ2v) is 3.51. The van der Waals surface area contributed by atoms with E-state index in [9.17, 15) is 4.79 Å². The van der Waals surface area contributed by atoms with E-state index < -0.39 is 5.97 Å². The minimum absolute atomic E-state index is 0.0237. The predicted octanol–water partition coefficient (Wildman–Crippen LogP) is 1.35. The Kier molecular flexibility index (Phi) is 1.96. The van der Waals surface area contributed by atoms with Crippen LogP contribution in [0.2, 0.25) is 0 Å². The number of rotatable bonds is 1. The van der Waals surface area contributed by atoms with Gasteiger partial charge in [-0.15, -0.1) is 0 Å². The monoisotopic (exact) mass is 205 g/mol. The van der Waals surface area contributed by atoms with E-state index in [1.54, 1.807) is 4.40 Å². The minimum Gasteiger partial charge on any atom is -0.476 e. The summed E-state index contributed by atoms with van der Waals surface area (Å²) in [6.07, 6.45) is 1.49. The Balaban J connectivity index is 2.82. The van der Waals surface area contributed by atoms with Gasteiger partial charge in [-0.2, -0.15) is 0 Å². The lowest BCUT2D eigenvalue weighted by Crippen LogP contribution is -1.99. The van der Waals surface area contributed by atoms with Crippen molar-refractivity contribution < 1.29 is 9.90 Å². The molecule has 0 spiro atoms. The summed E-state index contributed by atoms with van der Waals surface area (Å²) in [6.45, 7) is 5.76. The van der Waals surface area contributed by atoms with Crippen molar-refractivity contribution in [3.63, 3.8) is 0 Å². The summed E-state index contributed by atoms with van der Waals surface area (Å²) in [5.41, 5.74) is 2.92. The van der Waals surface area contributed by atoms with Gasteiger partial charge in [0.2, 0.25) is 5.78 Å². The molecule has 0 unspecified atom stereocenters. The zero-order chi connectivity index (χ0) is 11.2. The SMILES string of the molecule is Cc1nc2nc(C(=O)O)cn2c(C)c1C. The first kappa shape index (κ1) is 9.64. The molecule has 0 aliphatic carbocycles. The maximum atomic E-state index is 10.7. The number of carboxylic acids is 1. The summed E-state index contributed by atoms with van der Waals surface area (Å²) < 4.78 is 1.70. The fourth-order valence-corrected chi connectivity index (χ4v) is 1.48. The Morgan fingerprint density at radius 1 is 1.33 bits per heavy atom. The second kappa shape index (κ2) is 3.05. The van der Waals surface area contributed by atoms with Gasteiger partial charge in [0, 0.05) is 17.6 Å². The number of hydrogen-bond acceptors (Lipinski definition) is 3. The Hall–Kier alpha value is -1.91.